The fourth-order valence-electron chi connectivity index (χ4n) is 0.856. The van der Waals surface area contributed by atoms with Crippen LogP contribution in [0.3, 0.4) is 0 Å². The summed E-state index contributed by atoms with van der Waals surface area (Å²) in [7, 11) is 0. The Hall–Kier alpha value is -0.240. The van der Waals surface area contributed by atoms with Crippen molar-refractivity contribution in [1.82, 2.24) is 0 Å². The molecular formula is C7H12ClNO. The Morgan fingerprint density at radius 3 is 2.80 bits per heavy atom. The lowest BCUT2D eigenvalue weighted by Crippen LogP contribution is -2.13. The number of alkyl halides is 1. The minimum atomic E-state index is 0.328. The minimum Gasteiger partial charge on any atom is -0.478 e. The Morgan fingerprint density at radius 2 is 2.50 bits per heavy atom. The smallest absolute Gasteiger partial charge is 0.199 e. The van der Waals surface area contributed by atoms with E-state index in [-0.39, 0.29) is 0 Å². The average Bonchev–Trinajstić information content (AvgIpc) is 2.34. The van der Waals surface area contributed by atoms with Crippen molar-refractivity contribution in [2.75, 3.05) is 12.5 Å². The SMILES string of the molecule is CC(C)C1COC(CCl)=N1. The van der Waals surface area contributed by atoms with Crippen LogP contribution in [0.25, 0.3) is 0 Å². The van der Waals surface area contributed by atoms with E-state index in [0.29, 0.717) is 30.3 Å². The van der Waals surface area contributed by atoms with Crippen molar-refractivity contribution in [3.63, 3.8) is 0 Å². The monoisotopic (exact) mass is 161 g/mol. The molecule has 1 atom stereocenters. The van der Waals surface area contributed by atoms with E-state index in [1.54, 1.807) is 0 Å². The first kappa shape index (κ1) is 7.86. The van der Waals surface area contributed by atoms with E-state index in [9.17, 15) is 0 Å². The van der Waals surface area contributed by atoms with Gasteiger partial charge >= 0.3 is 0 Å². The summed E-state index contributed by atoms with van der Waals surface area (Å²) in [4.78, 5) is 4.27. The number of nitrogens with zero attached hydrogens (tertiary/aromatic N) is 1. The van der Waals surface area contributed by atoms with Gasteiger partial charge in [-0.2, -0.15) is 0 Å². The van der Waals surface area contributed by atoms with Crippen LogP contribution in [0, 0.1) is 5.92 Å². The molecule has 1 rings (SSSR count). The molecule has 1 aliphatic rings. The van der Waals surface area contributed by atoms with Crippen LogP contribution in [0.15, 0.2) is 4.99 Å². The van der Waals surface area contributed by atoms with Crippen molar-refractivity contribution in [2.45, 2.75) is 19.9 Å². The molecule has 0 spiro atoms. The number of ether oxygens (including phenoxy) is 1. The van der Waals surface area contributed by atoms with Crippen molar-refractivity contribution in [1.29, 1.82) is 0 Å². The van der Waals surface area contributed by atoms with E-state index in [4.69, 9.17) is 16.3 Å². The Bertz CT molecular complexity index is 145. The molecule has 10 heavy (non-hydrogen) atoms. The van der Waals surface area contributed by atoms with Crippen LogP contribution in [0.1, 0.15) is 13.8 Å². The Balaban J connectivity index is 2.47. The van der Waals surface area contributed by atoms with Gasteiger partial charge in [-0.1, -0.05) is 13.8 Å². The third-order valence-corrected chi connectivity index (χ3v) is 1.84. The first-order valence-electron chi connectivity index (χ1n) is 3.49. The number of rotatable bonds is 2. The van der Waals surface area contributed by atoms with Crippen LogP contribution in [-0.4, -0.2) is 24.4 Å². The van der Waals surface area contributed by atoms with E-state index >= 15 is 0 Å². The van der Waals surface area contributed by atoms with E-state index in [0.717, 1.165) is 0 Å². The number of halogens is 1. The summed E-state index contributed by atoms with van der Waals surface area (Å²) < 4.78 is 5.19. The van der Waals surface area contributed by atoms with Gasteiger partial charge in [-0.3, -0.25) is 0 Å². The van der Waals surface area contributed by atoms with E-state index < -0.39 is 0 Å². The summed E-state index contributed by atoms with van der Waals surface area (Å²) in [5, 5.41) is 0. The fourth-order valence-corrected chi connectivity index (χ4v) is 1.00. The van der Waals surface area contributed by atoms with E-state index in [1.165, 1.54) is 0 Å². The van der Waals surface area contributed by atoms with Crippen LogP contribution in [-0.2, 0) is 4.74 Å². The van der Waals surface area contributed by atoms with Crippen molar-refractivity contribution < 1.29 is 4.74 Å². The summed E-state index contributed by atoms with van der Waals surface area (Å²) in [6, 6.07) is 0.328. The summed E-state index contributed by atoms with van der Waals surface area (Å²) in [5.41, 5.74) is 0. The molecule has 0 radical (unpaired) electrons. The van der Waals surface area contributed by atoms with Gasteiger partial charge in [-0.15, -0.1) is 11.6 Å². The van der Waals surface area contributed by atoms with Crippen LogP contribution in [0.2, 0.25) is 0 Å². The molecule has 0 fully saturated rings. The largest absolute Gasteiger partial charge is 0.478 e. The minimum absolute atomic E-state index is 0.328. The molecule has 3 heteroatoms. The number of hydrogen-bond acceptors (Lipinski definition) is 2. The van der Waals surface area contributed by atoms with Gasteiger partial charge in [0, 0.05) is 0 Å². The van der Waals surface area contributed by atoms with E-state index in [1.807, 2.05) is 0 Å². The number of aliphatic imine (C=N–C) groups is 1. The van der Waals surface area contributed by atoms with Gasteiger partial charge in [0.25, 0.3) is 0 Å². The lowest BCUT2D eigenvalue weighted by molar-refractivity contribution is 0.290. The molecule has 0 aromatic heterocycles. The first-order chi connectivity index (χ1) is 4.74. The lowest BCUT2D eigenvalue weighted by atomic mass is 10.1. The van der Waals surface area contributed by atoms with Gasteiger partial charge in [0.1, 0.15) is 6.61 Å². The highest BCUT2D eigenvalue weighted by Crippen LogP contribution is 2.13. The zero-order valence-electron chi connectivity index (χ0n) is 6.30. The maximum atomic E-state index is 5.52. The zero-order chi connectivity index (χ0) is 7.56. The standard InChI is InChI=1S/C7H12ClNO/c1-5(2)6-4-10-7(3-8)9-6/h5-6H,3-4H2,1-2H3. The van der Waals surface area contributed by atoms with Gasteiger partial charge in [-0.25, -0.2) is 4.99 Å². The zero-order valence-corrected chi connectivity index (χ0v) is 7.06. The highest BCUT2D eigenvalue weighted by Gasteiger charge is 2.20. The molecule has 0 amide bonds. The average molecular weight is 162 g/mol. The van der Waals surface area contributed by atoms with E-state index in [2.05, 4.69) is 18.8 Å². The van der Waals surface area contributed by atoms with Gasteiger partial charge in [0.15, 0.2) is 5.90 Å². The maximum Gasteiger partial charge on any atom is 0.199 e. The van der Waals surface area contributed by atoms with Crippen LogP contribution >= 0.6 is 11.6 Å². The third kappa shape index (κ3) is 1.63. The van der Waals surface area contributed by atoms with Crippen molar-refractivity contribution in [2.24, 2.45) is 10.9 Å². The summed E-state index contributed by atoms with van der Waals surface area (Å²) in [5.74, 6) is 1.66. The van der Waals surface area contributed by atoms with Crippen molar-refractivity contribution in [3.05, 3.63) is 0 Å². The molecular weight excluding hydrogens is 150 g/mol. The quantitative estimate of drug-likeness (QED) is 0.565. The second-order valence-corrected chi connectivity index (χ2v) is 3.05. The predicted molar refractivity (Wildman–Crippen MR) is 42.7 cm³/mol. The van der Waals surface area contributed by atoms with Gasteiger partial charge in [0.05, 0.1) is 11.9 Å². The Labute approximate surface area is 66.2 Å². The first-order valence-corrected chi connectivity index (χ1v) is 4.03. The molecule has 1 heterocycles. The summed E-state index contributed by atoms with van der Waals surface area (Å²) in [6.45, 7) is 4.98. The van der Waals surface area contributed by atoms with Gasteiger partial charge < -0.3 is 4.74 Å². The molecule has 0 N–H and O–H groups in total. The lowest BCUT2D eigenvalue weighted by Gasteiger charge is -2.06. The second-order valence-electron chi connectivity index (χ2n) is 2.78. The second kappa shape index (κ2) is 3.24. The fraction of sp³-hybridized carbons (Fsp3) is 0.857. The normalized spacial score (nSPS) is 24.8. The summed E-state index contributed by atoms with van der Waals surface area (Å²) in [6.07, 6.45) is 0. The Kier molecular flexibility index (Phi) is 2.55. The predicted octanol–water partition coefficient (Wildman–Crippen LogP) is 1.68. The highest BCUT2D eigenvalue weighted by molar-refractivity contribution is 6.27. The van der Waals surface area contributed by atoms with Crippen LogP contribution in [0.4, 0.5) is 0 Å². The molecule has 0 aromatic rings. The molecule has 58 valence electrons. The topological polar surface area (TPSA) is 21.6 Å². The number of hydrogen-bond donors (Lipinski definition) is 0. The highest BCUT2D eigenvalue weighted by atomic mass is 35.5. The van der Waals surface area contributed by atoms with Gasteiger partial charge in [-0.05, 0) is 5.92 Å². The Morgan fingerprint density at radius 1 is 1.80 bits per heavy atom. The maximum absolute atomic E-state index is 5.52. The van der Waals surface area contributed by atoms with Crippen molar-refractivity contribution >= 4 is 17.5 Å². The molecule has 0 bridgehead atoms. The molecule has 0 saturated carbocycles. The van der Waals surface area contributed by atoms with Crippen LogP contribution in [0.5, 0.6) is 0 Å². The van der Waals surface area contributed by atoms with Gasteiger partial charge in [0.2, 0.25) is 0 Å². The third-order valence-electron chi connectivity index (χ3n) is 1.61. The summed E-state index contributed by atoms with van der Waals surface area (Å²) >= 11 is 5.52. The molecule has 0 aliphatic carbocycles. The molecule has 1 unspecified atom stereocenters. The molecule has 0 aromatic carbocycles. The van der Waals surface area contributed by atoms with Crippen molar-refractivity contribution in [3.8, 4) is 0 Å². The van der Waals surface area contributed by atoms with Crippen LogP contribution < -0.4 is 0 Å². The molecule has 0 saturated heterocycles. The molecule has 1 aliphatic heterocycles. The molecule has 2 nitrogen and oxygen atoms in total.